The lowest BCUT2D eigenvalue weighted by atomic mass is 10.0. The van der Waals surface area contributed by atoms with E-state index in [0.29, 0.717) is 5.75 Å². The number of nitrogens with zero attached hydrogens (tertiary/aromatic N) is 1. The summed E-state index contributed by atoms with van der Waals surface area (Å²) >= 11 is 2.73. The predicted molar refractivity (Wildman–Crippen MR) is 70.0 cm³/mol. The van der Waals surface area contributed by atoms with Crippen molar-refractivity contribution in [2.75, 3.05) is 12.0 Å². The number of hydrogen-bond acceptors (Lipinski definition) is 6. The molecule has 5 nitrogen and oxygen atoms in total. The largest absolute Gasteiger partial charge is 0.307 e. The van der Waals surface area contributed by atoms with Crippen LogP contribution in [0.4, 0.5) is 0 Å². The first-order valence-corrected chi connectivity index (χ1v) is 7.28. The Bertz CT molecular complexity index is 449. The molecule has 2 heterocycles. The van der Waals surface area contributed by atoms with Crippen molar-refractivity contribution < 1.29 is 9.59 Å². The standard InChI is InChI=1S/C10H13N3O2S2/c1-5(14)10(12)6(4-16-2)3-13-8(15)7(11)9(13)17-10/h3,9,11H,4,12H2,1-2H3/t9-,10?/m1/s1. The van der Waals surface area contributed by atoms with Crippen LogP contribution < -0.4 is 5.73 Å². The first kappa shape index (κ1) is 12.7. The van der Waals surface area contributed by atoms with Gasteiger partial charge in [-0.3, -0.25) is 19.9 Å². The highest BCUT2D eigenvalue weighted by atomic mass is 32.2. The van der Waals surface area contributed by atoms with Crippen molar-refractivity contribution in [3.63, 3.8) is 0 Å². The average molecular weight is 271 g/mol. The van der Waals surface area contributed by atoms with Gasteiger partial charge in [-0.1, -0.05) is 11.8 Å². The van der Waals surface area contributed by atoms with E-state index >= 15 is 0 Å². The molecule has 0 radical (unpaired) electrons. The summed E-state index contributed by atoms with van der Waals surface area (Å²) in [6, 6.07) is 0. The average Bonchev–Trinajstić information content (AvgIpc) is 2.30. The van der Waals surface area contributed by atoms with Gasteiger partial charge in [0.2, 0.25) is 0 Å². The van der Waals surface area contributed by atoms with Crippen LogP contribution in [0, 0.1) is 5.41 Å². The van der Waals surface area contributed by atoms with Gasteiger partial charge in [-0.2, -0.15) is 11.8 Å². The van der Waals surface area contributed by atoms with Crippen molar-refractivity contribution in [3.8, 4) is 0 Å². The van der Waals surface area contributed by atoms with Gasteiger partial charge in [0.1, 0.15) is 16.0 Å². The van der Waals surface area contributed by atoms with Crippen molar-refractivity contribution in [2.45, 2.75) is 17.2 Å². The van der Waals surface area contributed by atoms with Crippen LogP contribution in [0.25, 0.3) is 0 Å². The van der Waals surface area contributed by atoms with Gasteiger partial charge >= 0.3 is 0 Å². The van der Waals surface area contributed by atoms with E-state index in [-0.39, 0.29) is 17.4 Å². The molecule has 0 spiro atoms. The number of nitrogens with one attached hydrogen (secondary N) is 1. The molecular weight excluding hydrogens is 258 g/mol. The lowest BCUT2D eigenvalue weighted by Crippen LogP contribution is -2.64. The molecule has 0 aromatic carbocycles. The van der Waals surface area contributed by atoms with E-state index in [1.54, 1.807) is 18.0 Å². The Balaban J connectivity index is 2.38. The van der Waals surface area contributed by atoms with Crippen LogP contribution in [0.1, 0.15) is 6.92 Å². The van der Waals surface area contributed by atoms with Crippen LogP contribution in [0.5, 0.6) is 0 Å². The van der Waals surface area contributed by atoms with E-state index in [1.807, 2.05) is 6.26 Å². The van der Waals surface area contributed by atoms with Crippen molar-refractivity contribution >= 4 is 40.9 Å². The van der Waals surface area contributed by atoms with Gasteiger partial charge in [0.25, 0.3) is 5.91 Å². The maximum absolute atomic E-state index is 11.7. The minimum Gasteiger partial charge on any atom is -0.307 e. The number of Topliss-reactive ketones (excluding diaryl/α,β-unsaturated/α-hetero) is 1. The molecular formula is C10H13N3O2S2. The van der Waals surface area contributed by atoms with Crippen molar-refractivity contribution in [1.29, 1.82) is 5.41 Å². The van der Waals surface area contributed by atoms with Crippen molar-refractivity contribution in [3.05, 3.63) is 11.8 Å². The fourth-order valence-corrected chi connectivity index (χ4v) is 3.78. The molecule has 1 unspecified atom stereocenters. The summed E-state index contributed by atoms with van der Waals surface area (Å²) in [5.74, 6) is 0.161. The number of ketones is 1. The maximum Gasteiger partial charge on any atom is 0.275 e. The Hall–Kier alpha value is -0.790. The molecule has 0 aromatic rings. The number of rotatable bonds is 3. The Kier molecular flexibility index (Phi) is 3.09. The minimum absolute atomic E-state index is 0.0190. The Morgan fingerprint density at radius 2 is 2.41 bits per heavy atom. The summed E-state index contributed by atoms with van der Waals surface area (Å²) in [5.41, 5.74) is 6.88. The third kappa shape index (κ3) is 1.73. The lowest BCUT2D eigenvalue weighted by molar-refractivity contribution is -0.126. The second kappa shape index (κ2) is 4.15. The lowest BCUT2D eigenvalue weighted by Gasteiger charge is -2.47. The van der Waals surface area contributed by atoms with Crippen LogP contribution in [-0.4, -0.2) is 44.6 Å². The number of nitrogens with two attached hydrogens (primary N) is 1. The summed E-state index contributed by atoms with van der Waals surface area (Å²) in [5, 5.41) is 7.13. The van der Waals surface area contributed by atoms with E-state index in [9.17, 15) is 9.59 Å². The van der Waals surface area contributed by atoms with Gasteiger partial charge in [-0.05, 0) is 18.8 Å². The summed E-state index contributed by atoms with van der Waals surface area (Å²) in [6.07, 6.45) is 3.55. The van der Waals surface area contributed by atoms with E-state index < -0.39 is 10.2 Å². The Morgan fingerprint density at radius 3 is 2.94 bits per heavy atom. The molecule has 0 saturated carbocycles. The summed E-state index contributed by atoms with van der Waals surface area (Å²) in [6.45, 7) is 1.45. The third-order valence-electron chi connectivity index (χ3n) is 2.86. The second-order valence-electron chi connectivity index (χ2n) is 3.98. The number of amides is 1. The van der Waals surface area contributed by atoms with Crippen LogP contribution in [0.3, 0.4) is 0 Å². The number of fused-ring (bicyclic) bond motifs is 1. The fraction of sp³-hybridized carbons (Fsp3) is 0.500. The zero-order chi connectivity index (χ0) is 12.8. The molecule has 1 saturated heterocycles. The van der Waals surface area contributed by atoms with E-state index in [0.717, 1.165) is 5.57 Å². The molecule has 0 bridgehead atoms. The minimum atomic E-state index is -1.10. The molecule has 2 aliphatic heterocycles. The molecule has 2 aliphatic rings. The van der Waals surface area contributed by atoms with E-state index in [2.05, 4.69) is 0 Å². The van der Waals surface area contributed by atoms with E-state index in [4.69, 9.17) is 11.1 Å². The number of carbonyl (C=O) groups is 2. The van der Waals surface area contributed by atoms with Gasteiger partial charge in [-0.25, -0.2) is 0 Å². The van der Waals surface area contributed by atoms with E-state index in [1.165, 1.54) is 23.6 Å². The van der Waals surface area contributed by atoms with Crippen LogP contribution in [0.15, 0.2) is 11.8 Å². The molecule has 92 valence electrons. The maximum atomic E-state index is 11.7. The normalized spacial score (nSPS) is 31.8. The Morgan fingerprint density at radius 1 is 1.76 bits per heavy atom. The SMILES string of the molecule is CSCC1=CN2C(=O)C(=N)[C@H]2SC1(N)C(C)=O. The van der Waals surface area contributed by atoms with Gasteiger partial charge in [0.15, 0.2) is 5.78 Å². The Labute approximate surface area is 108 Å². The molecule has 7 heteroatoms. The molecule has 1 fully saturated rings. The predicted octanol–water partition coefficient (Wildman–Crippen LogP) is 0.412. The van der Waals surface area contributed by atoms with Crippen molar-refractivity contribution in [2.24, 2.45) is 5.73 Å². The zero-order valence-corrected chi connectivity index (χ0v) is 11.2. The highest BCUT2D eigenvalue weighted by Crippen LogP contribution is 2.44. The van der Waals surface area contributed by atoms with Gasteiger partial charge < -0.3 is 5.73 Å². The molecule has 3 N–H and O–H groups in total. The summed E-state index contributed by atoms with van der Waals surface area (Å²) in [7, 11) is 0. The monoisotopic (exact) mass is 271 g/mol. The molecule has 0 aliphatic carbocycles. The highest BCUT2D eigenvalue weighted by molar-refractivity contribution is 8.03. The summed E-state index contributed by atoms with van der Waals surface area (Å²) < 4.78 is 0. The van der Waals surface area contributed by atoms with Crippen LogP contribution >= 0.6 is 23.5 Å². The smallest absolute Gasteiger partial charge is 0.275 e. The third-order valence-corrected chi connectivity index (χ3v) is 5.06. The van der Waals surface area contributed by atoms with Crippen LogP contribution in [-0.2, 0) is 9.59 Å². The highest BCUT2D eigenvalue weighted by Gasteiger charge is 2.53. The quantitative estimate of drug-likeness (QED) is 0.726. The number of thioether (sulfide) groups is 2. The van der Waals surface area contributed by atoms with Gasteiger partial charge in [0, 0.05) is 12.0 Å². The number of carbonyl (C=O) groups excluding carboxylic acids is 2. The molecule has 17 heavy (non-hydrogen) atoms. The molecule has 1 amide bonds. The summed E-state index contributed by atoms with van der Waals surface area (Å²) in [4.78, 5) is 23.5. The number of β-lactam (4-membered cyclic amide) rings is 1. The van der Waals surface area contributed by atoms with Crippen molar-refractivity contribution in [1.82, 2.24) is 4.90 Å². The van der Waals surface area contributed by atoms with Gasteiger partial charge in [0.05, 0.1) is 0 Å². The molecule has 2 atom stereocenters. The fourth-order valence-electron chi connectivity index (χ4n) is 1.79. The first-order chi connectivity index (χ1) is 7.91. The zero-order valence-electron chi connectivity index (χ0n) is 9.52. The number of hydrogen-bond donors (Lipinski definition) is 2. The first-order valence-electron chi connectivity index (χ1n) is 5.00. The molecule has 0 aromatic heterocycles. The molecule has 2 rings (SSSR count). The van der Waals surface area contributed by atoms with Gasteiger partial charge in [-0.15, -0.1) is 0 Å². The second-order valence-corrected chi connectivity index (χ2v) is 6.17. The van der Waals surface area contributed by atoms with Crippen LogP contribution in [0.2, 0.25) is 0 Å². The topological polar surface area (TPSA) is 87.2 Å².